The molecule has 6 nitrogen and oxygen atoms in total. The van der Waals surface area contributed by atoms with Crippen LogP contribution >= 0.6 is 11.8 Å². The number of benzene rings is 2. The van der Waals surface area contributed by atoms with Crippen molar-refractivity contribution < 1.29 is 30.0 Å². The van der Waals surface area contributed by atoms with Crippen molar-refractivity contribution in [2.75, 3.05) is 0 Å². The summed E-state index contributed by atoms with van der Waals surface area (Å²) in [6.45, 7) is 32.5. The Morgan fingerprint density at radius 2 is 0.800 bits per heavy atom. The molecule has 2 aromatic carbocycles. The van der Waals surface area contributed by atoms with Crippen molar-refractivity contribution in [3.63, 3.8) is 0 Å². The van der Waals surface area contributed by atoms with Crippen molar-refractivity contribution in [2.45, 2.75) is 130 Å². The van der Waals surface area contributed by atoms with Gasteiger partial charge in [0.05, 0.1) is 0 Å². The maximum atomic E-state index is 10.8. The molecule has 252 valence electrons. The van der Waals surface area contributed by atoms with Crippen LogP contribution in [0.5, 0.6) is 0 Å². The number of aliphatic hydroxyl groups excluding tert-OH is 2. The number of rotatable bonds is 8. The van der Waals surface area contributed by atoms with E-state index in [4.69, 9.17) is 10.2 Å². The van der Waals surface area contributed by atoms with Crippen LogP contribution in [0.3, 0.4) is 0 Å². The van der Waals surface area contributed by atoms with Crippen LogP contribution in [0.4, 0.5) is 0 Å². The maximum Gasteiger partial charge on any atom is 0.332 e. The number of hydrogen-bond acceptors (Lipinski definition) is 5. The highest BCUT2D eigenvalue weighted by atomic mass is 32.2. The Balaban J connectivity index is 0.000000748. The van der Waals surface area contributed by atoms with Gasteiger partial charge in [0.2, 0.25) is 0 Å². The van der Waals surface area contributed by atoms with E-state index in [1.807, 2.05) is 24.3 Å². The molecule has 0 aliphatic heterocycles. The van der Waals surface area contributed by atoms with Crippen LogP contribution in [0.15, 0.2) is 60.4 Å². The van der Waals surface area contributed by atoms with Gasteiger partial charge in [-0.3, -0.25) is 0 Å². The topological polar surface area (TPSA) is 115 Å². The fourth-order valence-electron chi connectivity index (χ4n) is 4.04. The first kappa shape index (κ1) is 42.1. The minimum Gasteiger partial charge on any atom is -0.479 e. The number of carboxylic acid groups (broad SMARTS) is 2. The summed E-state index contributed by atoms with van der Waals surface area (Å²) >= 11 is 1.49. The molecule has 2 unspecified atom stereocenters. The number of carbonyl (C=O) groups is 2. The third-order valence-corrected chi connectivity index (χ3v) is 7.46. The van der Waals surface area contributed by atoms with Crippen molar-refractivity contribution in [1.82, 2.24) is 0 Å². The number of thioether (sulfide) groups is 1. The van der Waals surface area contributed by atoms with E-state index in [-0.39, 0.29) is 34.5 Å². The maximum absolute atomic E-state index is 10.8. The molecule has 0 radical (unpaired) electrons. The van der Waals surface area contributed by atoms with Gasteiger partial charge in [-0.2, -0.15) is 0 Å². The molecule has 0 fully saturated rings. The van der Waals surface area contributed by atoms with Gasteiger partial charge in [-0.25, -0.2) is 9.59 Å². The monoisotopic (exact) mass is 642 g/mol. The fraction of sp³-hybridized carbons (Fsp3) is 0.526. The van der Waals surface area contributed by atoms with E-state index >= 15 is 0 Å². The second-order valence-electron chi connectivity index (χ2n) is 15.4. The summed E-state index contributed by atoms with van der Waals surface area (Å²) < 4.78 is 0. The Morgan fingerprint density at radius 1 is 0.578 bits per heavy atom. The zero-order chi connectivity index (χ0) is 35.6. The molecule has 0 aliphatic carbocycles. The zero-order valence-electron chi connectivity index (χ0n) is 29.6. The molecule has 2 aromatic rings. The van der Waals surface area contributed by atoms with Crippen LogP contribution in [-0.2, 0) is 44.1 Å². The van der Waals surface area contributed by atoms with Gasteiger partial charge in [-0.05, 0) is 65.9 Å². The van der Waals surface area contributed by atoms with Gasteiger partial charge in [-0.1, -0.05) is 133 Å². The van der Waals surface area contributed by atoms with E-state index < -0.39 is 24.1 Å². The van der Waals surface area contributed by atoms with E-state index in [2.05, 4.69) is 108 Å². The first-order valence-electron chi connectivity index (χ1n) is 15.2. The van der Waals surface area contributed by atoms with E-state index in [1.165, 1.54) is 11.8 Å². The van der Waals surface area contributed by atoms with Crippen LogP contribution in [0, 0.1) is 0 Å². The lowest BCUT2D eigenvalue weighted by Gasteiger charge is -2.26. The summed E-state index contributed by atoms with van der Waals surface area (Å²) in [5.41, 5.74) is 6.36. The summed E-state index contributed by atoms with van der Waals surface area (Å²) in [4.78, 5) is 21.6. The summed E-state index contributed by atoms with van der Waals surface area (Å²) in [5.74, 6) is -2.35. The van der Waals surface area contributed by atoms with Gasteiger partial charge in [-0.15, -0.1) is 11.8 Å². The van der Waals surface area contributed by atoms with Crippen molar-refractivity contribution in [2.24, 2.45) is 0 Å². The highest BCUT2D eigenvalue weighted by Gasteiger charge is 2.24. The molecule has 7 heteroatoms. The average molecular weight is 643 g/mol. The smallest absolute Gasteiger partial charge is 0.332 e. The molecule has 0 saturated heterocycles. The number of carboxylic acids is 2. The van der Waals surface area contributed by atoms with Crippen molar-refractivity contribution in [3.8, 4) is 0 Å². The Kier molecular flexibility index (Phi) is 16.1. The summed E-state index contributed by atoms with van der Waals surface area (Å²) in [5, 5.41) is 40.3. The molecule has 0 amide bonds. The van der Waals surface area contributed by atoms with Gasteiger partial charge in [0.15, 0.2) is 12.2 Å². The molecular weight excluding hydrogens is 584 g/mol. The third-order valence-electron chi connectivity index (χ3n) is 7.07. The van der Waals surface area contributed by atoms with Gasteiger partial charge >= 0.3 is 11.9 Å². The molecule has 0 saturated carbocycles. The second kappa shape index (κ2) is 17.2. The lowest BCUT2D eigenvalue weighted by molar-refractivity contribution is -0.147. The van der Waals surface area contributed by atoms with Gasteiger partial charge in [0.1, 0.15) is 0 Å². The van der Waals surface area contributed by atoms with Crippen molar-refractivity contribution >= 4 is 23.7 Å². The molecule has 0 heterocycles. The van der Waals surface area contributed by atoms with E-state index in [1.54, 1.807) is 10.8 Å². The minimum absolute atomic E-state index is 0.00974. The fourth-order valence-corrected chi connectivity index (χ4v) is 4.18. The first-order chi connectivity index (χ1) is 20.2. The normalized spacial score (nSPS) is 13.3. The van der Waals surface area contributed by atoms with Gasteiger partial charge in [0, 0.05) is 12.8 Å². The lowest BCUT2D eigenvalue weighted by atomic mass is 9.79. The molecule has 45 heavy (non-hydrogen) atoms. The minimum atomic E-state index is -1.35. The highest BCUT2D eigenvalue weighted by Crippen LogP contribution is 2.32. The quantitative estimate of drug-likeness (QED) is 0.228. The van der Waals surface area contributed by atoms with E-state index in [9.17, 15) is 19.8 Å². The van der Waals surface area contributed by atoms with E-state index in [0.29, 0.717) is 0 Å². The molecule has 2 rings (SSSR count). The predicted octanol–water partition coefficient (Wildman–Crippen LogP) is 8.55. The van der Waals surface area contributed by atoms with Gasteiger partial charge < -0.3 is 20.4 Å². The summed E-state index contributed by atoms with van der Waals surface area (Å²) in [6.07, 6.45) is -2.42. The molecular formula is C38H58O6S. The van der Waals surface area contributed by atoms with Crippen molar-refractivity contribution in [1.29, 1.82) is 0 Å². The van der Waals surface area contributed by atoms with Crippen LogP contribution in [0.2, 0.25) is 0 Å². The van der Waals surface area contributed by atoms with E-state index in [0.717, 1.165) is 33.4 Å². The molecule has 0 bridgehead atoms. The van der Waals surface area contributed by atoms with Crippen LogP contribution in [0.25, 0.3) is 0 Å². The summed E-state index contributed by atoms with van der Waals surface area (Å²) in [6, 6.07) is 12.4. The lowest BCUT2D eigenvalue weighted by Crippen LogP contribution is -2.23. The van der Waals surface area contributed by atoms with Crippen LogP contribution in [-0.4, -0.2) is 44.6 Å². The SMILES string of the molecule is C=CSC=C.CC(C)(C)c1cc(CC(O)C(=O)O)cc(C(C)(C)C)c1.CC(C)(C)c1cc(CC(O)C(=O)O)cc(C(C)(C)C)c1. The molecule has 0 aliphatic rings. The third kappa shape index (κ3) is 15.8. The Bertz CT molecular complexity index is 1120. The average Bonchev–Trinajstić information content (AvgIpc) is 2.87. The Hall–Kier alpha value is -2.87. The predicted molar refractivity (Wildman–Crippen MR) is 190 cm³/mol. The highest BCUT2D eigenvalue weighted by molar-refractivity contribution is 8.04. The van der Waals surface area contributed by atoms with Gasteiger partial charge in [0.25, 0.3) is 0 Å². The number of aliphatic carboxylic acids is 2. The second-order valence-corrected chi connectivity index (χ2v) is 16.4. The molecule has 2 atom stereocenters. The number of aliphatic hydroxyl groups is 2. The first-order valence-corrected chi connectivity index (χ1v) is 16.2. The summed E-state index contributed by atoms with van der Waals surface area (Å²) in [7, 11) is 0. The molecule has 4 N–H and O–H groups in total. The van der Waals surface area contributed by atoms with Crippen molar-refractivity contribution in [3.05, 3.63) is 93.8 Å². The van der Waals surface area contributed by atoms with Crippen LogP contribution in [0.1, 0.15) is 116 Å². The molecule has 0 spiro atoms. The number of hydrogen-bond donors (Lipinski definition) is 4. The Morgan fingerprint density at radius 3 is 0.933 bits per heavy atom. The molecule has 0 aromatic heterocycles. The standard InChI is InChI=1S/2C17H26O3.C4H6S/c2*1-16(2,3)12-7-11(9-14(18)15(19)20)8-13(10-12)17(4,5)6;1-3-5-4-2/h2*7-8,10,14,18H,9H2,1-6H3,(H,19,20);3-4H,1-2H2. The Labute approximate surface area is 276 Å². The zero-order valence-corrected chi connectivity index (χ0v) is 30.4. The largest absolute Gasteiger partial charge is 0.479 e. The van der Waals surface area contributed by atoms with Crippen LogP contribution < -0.4 is 0 Å².